The summed E-state index contributed by atoms with van der Waals surface area (Å²) in [6, 6.07) is 5.32. The second-order valence-corrected chi connectivity index (χ2v) is 3.77. The minimum atomic E-state index is -4.38. The Morgan fingerprint density at radius 3 is 2.50 bits per heavy atom. The number of benzene rings is 1. The van der Waals surface area contributed by atoms with Crippen molar-refractivity contribution in [3.8, 4) is 0 Å². The summed E-state index contributed by atoms with van der Waals surface area (Å²) in [4.78, 5) is 0. The molecule has 0 N–H and O–H groups in total. The second-order valence-electron chi connectivity index (χ2n) is 3.12. The van der Waals surface area contributed by atoms with Gasteiger partial charge in [-0.25, -0.2) is 4.39 Å². The van der Waals surface area contributed by atoms with Crippen molar-refractivity contribution >= 4 is 15.9 Å². The van der Waals surface area contributed by atoms with Crippen molar-refractivity contribution in [1.29, 1.82) is 0 Å². The molecule has 1 atom stereocenters. The summed E-state index contributed by atoms with van der Waals surface area (Å²) < 4.78 is 53.3. The highest BCUT2D eigenvalue weighted by molar-refractivity contribution is 9.09. The highest BCUT2D eigenvalue weighted by Gasteiger charge is 2.29. The van der Waals surface area contributed by atoms with E-state index in [2.05, 4.69) is 20.7 Å². The fourth-order valence-electron chi connectivity index (χ4n) is 1.13. The Hall–Kier alpha value is -0.620. The number of halogens is 5. The second kappa shape index (κ2) is 5.63. The summed E-state index contributed by atoms with van der Waals surface area (Å²) in [7, 11) is 0. The molecule has 1 aromatic carbocycles. The number of ether oxygens (including phenoxy) is 1. The van der Waals surface area contributed by atoms with Crippen molar-refractivity contribution in [3.63, 3.8) is 0 Å². The van der Waals surface area contributed by atoms with E-state index in [1.165, 1.54) is 18.2 Å². The maximum Gasteiger partial charge on any atom is 0.411 e. The molecule has 1 rings (SSSR count). The smallest absolute Gasteiger partial charge is 0.363 e. The Balaban J connectivity index is 2.68. The third-order valence-electron chi connectivity index (χ3n) is 1.81. The molecule has 0 radical (unpaired) electrons. The van der Waals surface area contributed by atoms with E-state index in [-0.39, 0.29) is 5.33 Å². The van der Waals surface area contributed by atoms with Crippen molar-refractivity contribution in [2.45, 2.75) is 12.3 Å². The Bertz CT molecular complexity index is 340. The van der Waals surface area contributed by atoms with E-state index in [0.717, 1.165) is 6.07 Å². The molecule has 0 fully saturated rings. The summed E-state index contributed by atoms with van der Waals surface area (Å²) in [5.74, 6) is -0.501. The summed E-state index contributed by atoms with van der Waals surface area (Å²) in [6.07, 6.45) is -5.19. The van der Waals surface area contributed by atoms with Crippen LogP contribution in [0, 0.1) is 5.82 Å². The first-order valence-corrected chi connectivity index (χ1v) is 5.54. The zero-order valence-corrected chi connectivity index (χ0v) is 9.69. The van der Waals surface area contributed by atoms with Gasteiger partial charge in [-0.15, -0.1) is 0 Å². The van der Waals surface area contributed by atoms with E-state index in [4.69, 9.17) is 0 Å². The van der Waals surface area contributed by atoms with Gasteiger partial charge in [0.2, 0.25) is 0 Å². The van der Waals surface area contributed by atoms with Gasteiger partial charge in [-0.2, -0.15) is 13.2 Å². The molecular formula is C10H9BrF4O. The Morgan fingerprint density at radius 1 is 1.31 bits per heavy atom. The van der Waals surface area contributed by atoms with Crippen LogP contribution in [-0.4, -0.2) is 18.1 Å². The lowest BCUT2D eigenvalue weighted by Crippen LogP contribution is -2.20. The molecule has 16 heavy (non-hydrogen) atoms. The van der Waals surface area contributed by atoms with Gasteiger partial charge in [-0.1, -0.05) is 28.1 Å². The normalized spacial score (nSPS) is 13.8. The first-order valence-electron chi connectivity index (χ1n) is 4.42. The maximum atomic E-state index is 12.8. The third-order valence-corrected chi connectivity index (χ3v) is 2.40. The quantitative estimate of drug-likeness (QED) is 0.606. The minimum absolute atomic E-state index is 0.173. The van der Waals surface area contributed by atoms with Gasteiger partial charge < -0.3 is 4.74 Å². The lowest BCUT2D eigenvalue weighted by atomic mass is 10.1. The molecule has 0 spiro atoms. The standard InChI is InChI=1S/C10H9BrF4O/c11-5-9(16-6-10(13,14)15)7-2-1-3-8(12)4-7/h1-4,9H,5-6H2. The number of rotatable bonds is 4. The lowest BCUT2D eigenvalue weighted by Gasteiger charge is -2.17. The van der Waals surface area contributed by atoms with E-state index in [1.54, 1.807) is 0 Å². The molecule has 0 saturated heterocycles. The van der Waals surface area contributed by atoms with Gasteiger partial charge in [0.1, 0.15) is 12.4 Å². The monoisotopic (exact) mass is 300 g/mol. The van der Waals surface area contributed by atoms with Crippen molar-refractivity contribution in [2.24, 2.45) is 0 Å². The average molecular weight is 301 g/mol. The van der Waals surface area contributed by atoms with Crippen LogP contribution >= 0.6 is 15.9 Å². The number of hydrogen-bond donors (Lipinski definition) is 0. The zero-order chi connectivity index (χ0) is 12.2. The van der Waals surface area contributed by atoms with E-state index >= 15 is 0 Å². The van der Waals surface area contributed by atoms with Crippen LogP contribution in [0.1, 0.15) is 11.7 Å². The zero-order valence-electron chi connectivity index (χ0n) is 8.10. The van der Waals surface area contributed by atoms with Crippen LogP contribution in [0.2, 0.25) is 0 Å². The molecule has 0 aliphatic heterocycles. The fraction of sp³-hybridized carbons (Fsp3) is 0.400. The first-order chi connectivity index (χ1) is 7.42. The molecule has 1 unspecified atom stereocenters. The van der Waals surface area contributed by atoms with Crippen LogP contribution in [0.15, 0.2) is 24.3 Å². The van der Waals surface area contributed by atoms with Crippen LogP contribution < -0.4 is 0 Å². The Labute approximate surface area is 98.5 Å². The van der Waals surface area contributed by atoms with Crippen LogP contribution in [0.25, 0.3) is 0 Å². The fourth-order valence-corrected chi connectivity index (χ4v) is 1.69. The van der Waals surface area contributed by atoms with E-state index in [0.29, 0.717) is 5.56 Å². The Morgan fingerprint density at radius 2 is 2.00 bits per heavy atom. The largest absolute Gasteiger partial charge is 0.411 e. The van der Waals surface area contributed by atoms with Crippen molar-refractivity contribution < 1.29 is 22.3 Å². The van der Waals surface area contributed by atoms with Crippen molar-refractivity contribution in [3.05, 3.63) is 35.6 Å². The molecule has 0 saturated carbocycles. The molecule has 90 valence electrons. The molecule has 1 nitrogen and oxygen atoms in total. The highest BCUT2D eigenvalue weighted by atomic mass is 79.9. The topological polar surface area (TPSA) is 9.23 Å². The predicted molar refractivity (Wildman–Crippen MR) is 54.9 cm³/mol. The van der Waals surface area contributed by atoms with Crippen LogP contribution in [-0.2, 0) is 4.74 Å². The van der Waals surface area contributed by atoms with Gasteiger partial charge in [0, 0.05) is 5.33 Å². The van der Waals surface area contributed by atoms with E-state index in [1.807, 2.05) is 0 Å². The molecule has 1 aromatic rings. The van der Waals surface area contributed by atoms with Gasteiger partial charge in [0.15, 0.2) is 0 Å². The van der Waals surface area contributed by atoms with Crippen LogP contribution in [0.4, 0.5) is 17.6 Å². The van der Waals surface area contributed by atoms with E-state index in [9.17, 15) is 17.6 Å². The molecule has 6 heteroatoms. The summed E-state index contributed by atoms with van der Waals surface area (Å²) in [6.45, 7) is -1.35. The molecule has 0 aromatic heterocycles. The summed E-state index contributed by atoms with van der Waals surface area (Å²) in [5.41, 5.74) is 0.376. The average Bonchev–Trinajstić information content (AvgIpc) is 2.17. The van der Waals surface area contributed by atoms with Crippen molar-refractivity contribution in [2.75, 3.05) is 11.9 Å². The lowest BCUT2D eigenvalue weighted by molar-refractivity contribution is -0.183. The van der Waals surface area contributed by atoms with Gasteiger partial charge in [-0.3, -0.25) is 0 Å². The van der Waals surface area contributed by atoms with Crippen LogP contribution in [0.3, 0.4) is 0 Å². The van der Waals surface area contributed by atoms with Crippen molar-refractivity contribution in [1.82, 2.24) is 0 Å². The van der Waals surface area contributed by atoms with Gasteiger partial charge >= 0.3 is 6.18 Å². The Kier molecular flexibility index (Phi) is 4.73. The van der Waals surface area contributed by atoms with Crippen LogP contribution in [0.5, 0.6) is 0 Å². The SMILES string of the molecule is Fc1cccc(C(CBr)OCC(F)(F)F)c1. The van der Waals surface area contributed by atoms with Gasteiger partial charge in [-0.05, 0) is 17.7 Å². The highest BCUT2D eigenvalue weighted by Crippen LogP contribution is 2.24. The number of alkyl halides is 4. The van der Waals surface area contributed by atoms with E-state index < -0.39 is 24.7 Å². The summed E-state index contributed by atoms with van der Waals surface area (Å²) >= 11 is 3.03. The third kappa shape index (κ3) is 4.49. The summed E-state index contributed by atoms with van der Waals surface area (Å²) in [5, 5.41) is 0.173. The van der Waals surface area contributed by atoms with Gasteiger partial charge in [0.25, 0.3) is 0 Å². The first kappa shape index (κ1) is 13.4. The maximum absolute atomic E-state index is 12.8. The molecule has 0 aliphatic rings. The molecular weight excluding hydrogens is 292 g/mol. The van der Waals surface area contributed by atoms with Gasteiger partial charge in [0.05, 0.1) is 6.10 Å². The predicted octanol–water partition coefficient (Wildman–Crippen LogP) is 3.84. The molecule has 0 amide bonds. The minimum Gasteiger partial charge on any atom is -0.363 e. The number of hydrogen-bond acceptors (Lipinski definition) is 1. The molecule has 0 bridgehead atoms. The molecule has 0 aliphatic carbocycles. The molecule has 0 heterocycles.